The molecule has 0 fully saturated rings. The zero-order chi connectivity index (χ0) is 45.9. The largest absolute Gasteiger partial charge is 0.344 e. The number of rotatable bonds is 4. The summed E-state index contributed by atoms with van der Waals surface area (Å²) in [4.78, 5) is 0. The fourth-order valence-corrected chi connectivity index (χ4v) is 13.4. The van der Waals surface area contributed by atoms with Gasteiger partial charge in [-0.2, -0.15) is 0 Å². The molecule has 0 N–H and O–H groups in total. The molecule has 0 saturated heterocycles. The minimum atomic E-state index is 0.999. The Bertz CT molecular complexity index is 4300. The third-order valence-electron chi connectivity index (χ3n) is 16.5. The van der Waals surface area contributed by atoms with E-state index in [1.165, 1.54) is 154 Å². The quantitative estimate of drug-likeness (QED) is 0.168. The maximum absolute atomic E-state index is 2.58. The predicted molar refractivity (Wildman–Crippen MR) is 294 cm³/mol. The molecular formula is C66H46N4. The van der Waals surface area contributed by atoms with Gasteiger partial charge < -0.3 is 18.3 Å². The first-order valence-corrected chi connectivity index (χ1v) is 24.9. The maximum Gasteiger partial charge on any atom is 0.0579 e. The van der Waals surface area contributed by atoms with E-state index >= 15 is 0 Å². The second kappa shape index (κ2) is 14.0. The van der Waals surface area contributed by atoms with Crippen molar-refractivity contribution in [3.05, 3.63) is 216 Å². The Morgan fingerprint density at radius 3 is 1.04 bits per heavy atom. The van der Waals surface area contributed by atoms with Crippen molar-refractivity contribution < 1.29 is 0 Å². The minimum Gasteiger partial charge on any atom is -0.344 e. The van der Waals surface area contributed by atoms with Crippen molar-refractivity contribution in [2.24, 2.45) is 14.1 Å². The molecule has 4 heteroatoms. The summed E-state index contributed by atoms with van der Waals surface area (Å²) in [5, 5.41) is 10.6. The highest BCUT2D eigenvalue weighted by atomic mass is 15.0. The van der Waals surface area contributed by atoms with Gasteiger partial charge in [-0.25, -0.2) is 0 Å². The van der Waals surface area contributed by atoms with Gasteiger partial charge in [0.1, 0.15) is 0 Å². The van der Waals surface area contributed by atoms with Crippen molar-refractivity contribution in [2.45, 2.75) is 25.7 Å². The summed E-state index contributed by atoms with van der Waals surface area (Å²) < 4.78 is 9.79. The summed E-state index contributed by atoms with van der Waals surface area (Å²) in [5.41, 5.74) is 26.6. The monoisotopic (exact) mass is 894 g/mol. The zero-order valence-corrected chi connectivity index (χ0v) is 39.1. The van der Waals surface area contributed by atoms with E-state index in [1.54, 1.807) is 0 Å². The van der Waals surface area contributed by atoms with Crippen LogP contribution in [0, 0.1) is 0 Å². The highest BCUT2D eigenvalue weighted by Gasteiger charge is 2.33. The summed E-state index contributed by atoms with van der Waals surface area (Å²) in [5.74, 6) is 0. The van der Waals surface area contributed by atoms with Crippen LogP contribution in [0.2, 0.25) is 0 Å². The molecule has 14 aromatic rings. The number of benzene rings is 10. The first-order chi connectivity index (χ1) is 34.6. The molecule has 0 amide bonds. The molecule has 2 aliphatic rings. The summed E-state index contributed by atoms with van der Waals surface area (Å²) in [7, 11) is 4.36. The lowest BCUT2D eigenvalue weighted by Crippen LogP contribution is -2.16. The van der Waals surface area contributed by atoms with Gasteiger partial charge in [0.25, 0.3) is 0 Å². The Morgan fingerprint density at radius 1 is 0.286 bits per heavy atom. The van der Waals surface area contributed by atoms with Crippen LogP contribution in [0.25, 0.3) is 132 Å². The normalized spacial score (nSPS) is 13.3. The van der Waals surface area contributed by atoms with E-state index in [1.807, 2.05) is 0 Å². The van der Waals surface area contributed by atoms with Gasteiger partial charge in [-0.3, -0.25) is 0 Å². The number of nitrogens with zero attached hydrogens (tertiary/aromatic N) is 4. The van der Waals surface area contributed by atoms with Gasteiger partial charge in [-0.15, -0.1) is 0 Å². The number of fused-ring (bicyclic) bond motifs is 14. The van der Waals surface area contributed by atoms with Gasteiger partial charge in [0, 0.05) is 90.6 Å². The standard InChI is InChI=1S/C66H46N4/c1-67-57-19-11-9-17-47(57)51-33-39(23-29-59(51)67)41-25-31-61-53(35-41)55-37-43-21-28-50-64-44(22-27-49(63(43)64)65(55)69(61)45-13-5-3-6-14-45)38-56-54-36-42(26-32-62(54)70(66(50)56)46-15-7-4-8-16-46)40-24-30-60-52(34-40)48-18-10-12-20-58(48)68(60)2/h3-20,23-26,29-38H,21-22,27-28H2,1-2H3. The van der Waals surface area contributed by atoms with E-state index in [4.69, 9.17) is 0 Å². The minimum absolute atomic E-state index is 0.999. The summed E-state index contributed by atoms with van der Waals surface area (Å²) in [6, 6.07) is 73.3. The molecule has 0 bridgehead atoms. The molecule has 0 unspecified atom stereocenters. The van der Waals surface area contributed by atoms with Gasteiger partial charge in [-0.05, 0) is 178 Å². The van der Waals surface area contributed by atoms with Crippen molar-refractivity contribution >= 4 is 87.2 Å². The van der Waals surface area contributed by atoms with Gasteiger partial charge in [0.2, 0.25) is 0 Å². The molecule has 0 spiro atoms. The van der Waals surface area contributed by atoms with Crippen LogP contribution in [0.15, 0.2) is 194 Å². The first-order valence-electron chi connectivity index (χ1n) is 24.9. The number of aromatic nitrogens is 4. The number of hydrogen-bond acceptors (Lipinski definition) is 0. The zero-order valence-electron chi connectivity index (χ0n) is 39.1. The second-order valence-corrected chi connectivity index (χ2v) is 20.0. The molecular weight excluding hydrogens is 849 g/mol. The SMILES string of the molecule is Cn1c2ccccc2c2cc(-c3ccc4c(c3)c3cc5c6c(c3n4-c3ccccc3)CCc3cc4c7cc(-c8ccc9c(c8)c8ccccc8n9C)ccc7n(-c7ccccc7)c4c(c3-6)CC5)ccc21. The second-order valence-electron chi connectivity index (χ2n) is 20.0. The van der Waals surface area contributed by atoms with Crippen molar-refractivity contribution in [3.63, 3.8) is 0 Å². The highest BCUT2D eigenvalue weighted by Crippen LogP contribution is 2.52. The fourth-order valence-electron chi connectivity index (χ4n) is 13.4. The Balaban J connectivity index is 0.926. The lowest BCUT2D eigenvalue weighted by molar-refractivity contribution is 0.883. The van der Waals surface area contributed by atoms with Gasteiger partial charge >= 0.3 is 0 Å². The molecule has 70 heavy (non-hydrogen) atoms. The molecule has 0 atom stereocenters. The maximum atomic E-state index is 2.58. The van der Waals surface area contributed by atoms with Crippen LogP contribution in [0.5, 0.6) is 0 Å². The Labute approximate surface area is 404 Å². The number of aryl methyl sites for hydroxylation is 6. The summed E-state index contributed by atoms with van der Waals surface area (Å²) in [6.07, 6.45) is 4.01. The van der Waals surface area contributed by atoms with Crippen molar-refractivity contribution in [3.8, 4) is 44.8 Å². The molecule has 2 aliphatic carbocycles. The van der Waals surface area contributed by atoms with Gasteiger partial charge in [0.15, 0.2) is 0 Å². The van der Waals surface area contributed by atoms with Crippen LogP contribution in [0.3, 0.4) is 0 Å². The Hall–Kier alpha value is -8.60. The van der Waals surface area contributed by atoms with Crippen molar-refractivity contribution in [2.75, 3.05) is 0 Å². The molecule has 4 heterocycles. The van der Waals surface area contributed by atoms with E-state index in [0.29, 0.717) is 0 Å². The molecule has 0 aliphatic heterocycles. The topological polar surface area (TPSA) is 19.7 Å². The molecule has 10 aromatic carbocycles. The van der Waals surface area contributed by atoms with Gasteiger partial charge in [-0.1, -0.05) is 97.1 Å². The molecule has 330 valence electrons. The fraction of sp³-hybridized carbons (Fsp3) is 0.0909. The van der Waals surface area contributed by atoms with Crippen LogP contribution in [-0.4, -0.2) is 18.3 Å². The first kappa shape index (κ1) is 38.4. The Morgan fingerprint density at radius 2 is 0.629 bits per heavy atom. The molecule has 0 saturated carbocycles. The van der Waals surface area contributed by atoms with Crippen LogP contribution in [0.4, 0.5) is 0 Å². The smallest absolute Gasteiger partial charge is 0.0579 e. The average molecular weight is 895 g/mol. The average Bonchev–Trinajstić information content (AvgIpc) is 4.12. The van der Waals surface area contributed by atoms with E-state index in [0.717, 1.165) is 25.7 Å². The van der Waals surface area contributed by atoms with Crippen LogP contribution in [-0.2, 0) is 39.8 Å². The van der Waals surface area contributed by atoms with Crippen molar-refractivity contribution in [1.29, 1.82) is 0 Å². The summed E-state index contributed by atoms with van der Waals surface area (Å²) >= 11 is 0. The van der Waals surface area contributed by atoms with Gasteiger partial charge in [0.05, 0.1) is 22.1 Å². The summed E-state index contributed by atoms with van der Waals surface area (Å²) in [6.45, 7) is 0. The molecule has 4 aromatic heterocycles. The Kier molecular flexibility index (Phi) is 7.67. The molecule has 4 nitrogen and oxygen atoms in total. The van der Waals surface area contributed by atoms with Crippen LogP contribution in [0.1, 0.15) is 22.3 Å². The third kappa shape index (κ3) is 5.10. The van der Waals surface area contributed by atoms with E-state index in [2.05, 4.69) is 226 Å². The lowest BCUT2D eigenvalue weighted by Gasteiger charge is -2.31. The third-order valence-corrected chi connectivity index (χ3v) is 16.5. The molecule has 16 rings (SSSR count). The van der Waals surface area contributed by atoms with Crippen molar-refractivity contribution in [1.82, 2.24) is 18.3 Å². The van der Waals surface area contributed by atoms with E-state index in [9.17, 15) is 0 Å². The molecule has 0 radical (unpaired) electrons. The highest BCUT2D eigenvalue weighted by molar-refractivity contribution is 6.18. The number of para-hydroxylation sites is 4. The van der Waals surface area contributed by atoms with E-state index in [-0.39, 0.29) is 0 Å². The number of hydrogen-bond donors (Lipinski definition) is 0. The van der Waals surface area contributed by atoms with Crippen LogP contribution < -0.4 is 0 Å². The van der Waals surface area contributed by atoms with Crippen LogP contribution >= 0.6 is 0 Å². The lowest BCUT2D eigenvalue weighted by atomic mass is 9.74. The predicted octanol–water partition coefficient (Wildman–Crippen LogP) is 16.4. The van der Waals surface area contributed by atoms with E-state index < -0.39 is 0 Å².